The Balaban J connectivity index is 0.00000480. The van der Waals surface area contributed by atoms with Crippen LogP contribution in [0.15, 0.2) is 64.3 Å². The molecule has 4 heterocycles. The van der Waals surface area contributed by atoms with Crippen molar-refractivity contribution in [2.45, 2.75) is 23.0 Å². The van der Waals surface area contributed by atoms with Gasteiger partial charge in [-0.2, -0.15) is 0 Å². The number of hydrogen-bond acceptors (Lipinski definition) is 13. The van der Waals surface area contributed by atoms with Gasteiger partial charge in [-0.1, -0.05) is 36.0 Å². The maximum Gasteiger partial charge on any atom is 1.00 e. The Morgan fingerprint density at radius 2 is 2.04 bits per heavy atom. The van der Waals surface area contributed by atoms with E-state index in [9.17, 15) is 29.1 Å². The Kier molecular flexibility index (Phi) is 11.3. The number of aromatic amines is 1. The van der Waals surface area contributed by atoms with Gasteiger partial charge in [0.15, 0.2) is 0 Å². The van der Waals surface area contributed by atoms with Crippen LogP contribution < -0.4 is 61.5 Å². The number of amides is 4. The first kappa shape index (κ1) is 34.7. The maximum absolute atomic E-state index is 13.2. The predicted molar refractivity (Wildman–Crippen MR) is 162 cm³/mol. The second-order valence-corrected chi connectivity index (χ2v) is 11.7. The molecule has 5 rings (SSSR count). The molecule has 0 spiro atoms. The van der Waals surface area contributed by atoms with Gasteiger partial charge in [0.1, 0.15) is 17.1 Å². The van der Waals surface area contributed by atoms with E-state index >= 15 is 0 Å². The number of aromatic nitrogens is 6. The summed E-state index contributed by atoms with van der Waals surface area (Å²) < 4.78 is 1.44. The normalized spacial score (nSPS) is 16.9. The van der Waals surface area contributed by atoms with Crippen molar-refractivity contribution >= 4 is 64.7 Å². The van der Waals surface area contributed by atoms with E-state index in [4.69, 9.17) is 5.73 Å². The first-order valence-corrected chi connectivity index (χ1v) is 15.3. The van der Waals surface area contributed by atoms with Gasteiger partial charge in [0.2, 0.25) is 17.0 Å². The predicted octanol–water partition coefficient (Wildman–Crippen LogP) is -4.15. The number of tetrazole rings is 1. The van der Waals surface area contributed by atoms with Crippen LogP contribution in [0.5, 0.6) is 0 Å². The molecule has 1 fully saturated rings. The summed E-state index contributed by atoms with van der Waals surface area (Å²) in [5, 5.41) is 28.5. The first-order chi connectivity index (χ1) is 21.6. The first-order valence-electron chi connectivity index (χ1n) is 13.2. The van der Waals surface area contributed by atoms with Crippen molar-refractivity contribution in [2.75, 3.05) is 28.3 Å². The molecule has 1 aromatic carbocycles. The summed E-state index contributed by atoms with van der Waals surface area (Å²) in [6, 6.07) is 4.34. The Labute approximate surface area is 291 Å². The van der Waals surface area contributed by atoms with Crippen LogP contribution in [-0.2, 0) is 27.9 Å². The van der Waals surface area contributed by atoms with Crippen LogP contribution in [0.2, 0.25) is 0 Å². The van der Waals surface area contributed by atoms with Gasteiger partial charge in [0.25, 0.3) is 11.5 Å². The van der Waals surface area contributed by atoms with E-state index in [1.807, 2.05) is 0 Å². The molecular formula is C26H26N11NaO6S2. The Morgan fingerprint density at radius 3 is 2.70 bits per heavy atom. The monoisotopic (exact) mass is 675 g/mol. The number of rotatable bonds is 12. The minimum absolute atomic E-state index is 0. The zero-order valence-electron chi connectivity index (χ0n) is 24.6. The third-order valence-corrected chi connectivity index (χ3v) is 9.19. The van der Waals surface area contributed by atoms with Crippen LogP contribution >= 0.6 is 23.5 Å². The Bertz CT molecular complexity index is 1780. The molecule has 2 aliphatic heterocycles. The molecule has 2 aliphatic rings. The number of anilines is 3. The molecule has 17 nitrogen and oxygen atoms in total. The fourth-order valence-electron chi connectivity index (χ4n) is 4.73. The molecule has 4 amide bonds. The fraction of sp³-hybridized carbons (Fsp3) is 0.269. The number of H-pyrrole nitrogens is 1. The number of benzene rings is 1. The summed E-state index contributed by atoms with van der Waals surface area (Å²) in [4.78, 5) is 72.4. The molecule has 2 atom stereocenters. The van der Waals surface area contributed by atoms with Crippen molar-refractivity contribution in [3.05, 3.63) is 70.3 Å². The Morgan fingerprint density at radius 1 is 1.28 bits per heavy atom. The smallest absolute Gasteiger partial charge is 0.543 e. The van der Waals surface area contributed by atoms with Crippen LogP contribution in [0, 0.1) is 0 Å². The number of nitrogens with zero attached hydrogens (tertiary/aromatic N) is 7. The third-order valence-electron chi connectivity index (χ3n) is 6.75. The summed E-state index contributed by atoms with van der Waals surface area (Å²) in [6.45, 7) is 3.92. The van der Waals surface area contributed by atoms with Gasteiger partial charge in [0.05, 0.1) is 30.0 Å². The van der Waals surface area contributed by atoms with Crippen LogP contribution in [0.3, 0.4) is 0 Å². The van der Waals surface area contributed by atoms with E-state index in [2.05, 4.69) is 42.7 Å². The average molecular weight is 676 g/mol. The van der Waals surface area contributed by atoms with Crippen LogP contribution in [0.4, 0.5) is 22.1 Å². The number of carbonyl (C=O) groups is 4. The molecule has 1 saturated heterocycles. The summed E-state index contributed by atoms with van der Waals surface area (Å²) in [6.07, 6.45) is 2.46. The van der Waals surface area contributed by atoms with Crippen LogP contribution in [0.1, 0.15) is 5.56 Å². The topological polar surface area (TPSA) is 237 Å². The number of nitrogens with two attached hydrogens (primary N) is 1. The molecule has 3 aromatic rings. The fourth-order valence-corrected chi connectivity index (χ4v) is 7.06. The van der Waals surface area contributed by atoms with Crippen molar-refractivity contribution in [1.82, 2.24) is 40.4 Å². The standard InChI is InChI=1S/C26H27N11O6S2.Na/c1-3-8-28-25-29-10-16(20(39)31-25)36(24(27)43)15-7-5-4-6-13(15)9-17(38)30-18-21(40)37-19(23(41)42)14(11-44-22(18)37)12-45-26-32-33-34-35(26)2;/h3-7,10,18,22H,1,8-9,11-12H2,2H3,(H2,27,43)(H,30,38)(H,41,42)(H2,28,29,31,39);/q;+1/p-1/t18?,22-;/m1./s1. The van der Waals surface area contributed by atoms with Gasteiger partial charge < -0.3 is 26.3 Å². The molecule has 0 radical (unpaired) electrons. The van der Waals surface area contributed by atoms with E-state index in [0.717, 1.165) is 9.80 Å². The molecule has 2 aromatic heterocycles. The summed E-state index contributed by atoms with van der Waals surface area (Å²) in [7, 11) is 1.65. The van der Waals surface area contributed by atoms with Crippen molar-refractivity contribution in [2.24, 2.45) is 12.8 Å². The van der Waals surface area contributed by atoms with E-state index in [-0.39, 0.29) is 70.5 Å². The average Bonchev–Trinajstić information content (AvgIpc) is 3.43. The molecule has 0 bridgehead atoms. The van der Waals surface area contributed by atoms with Crippen molar-refractivity contribution in [3.63, 3.8) is 0 Å². The number of aliphatic carboxylic acids is 1. The van der Waals surface area contributed by atoms with Crippen molar-refractivity contribution < 1.29 is 53.8 Å². The van der Waals surface area contributed by atoms with E-state index in [0.29, 0.717) is 22.8 Å². The third kappa shape index (κ3) is 7.12. The number of fused-ring (bicyclic) bond motifs is 1. The zero-order valence-corrected chi connectivity index (χ0v) is 28.3. The quantitative estimate of drug-likeness (QED) is 0.0618. The SMILES string of the molecule is C=CCNc1ncc(N(C(N)=O)c2ccccc2CC(=O)NC2C(=O)N3C(C(=O)[O-])=C(CSc4nnnn4C)CS[C@H]23)c(=O)[nH]1.[Na+]. The number of para-hydroxylation sites is 1. The largest absolute Gasteiger partial charge is 1.00 e. The molecule has 0 aliphatic carbocycles. The number of thioether (sulfide) groups is 2. The van der Waals surface area contributed by atoms with Crippen LogP contribution in [0.25, 0.3) is 0 Å². The maximum atomic E-state index is 13.2. The number of hydrogen-bond donors (Lipinski definition) is 4. The molecule has 234 valence electrons. The number of primary amides is 1. The number of carboxylic acids is 1. The molecule has 1 unspecified atom stereocenters. The molecule has 46 heavy (non-hydrogen) atoms. The molecule has 20 heteroatoms. The zero-order chi connectivity index (χ0) is 32.2. The molecular weight excluding hydrogens is 649 g/mol. The minimum Gasteiger partial charge on any atom is -0.543 e. The second-order valence-electron chi connectivity index (χ2n) is 9.66. The van der Waals surface area contributed by atoms with E-state index in [1.165, 1.54) is 40.5 Å². The van der Waals surface area contributed by atoms with Gasteiger partial charge in [-0.05, 0) is 27.6 Å². The summed E-state index contributed by atoms with van der Waals surface area (Å²) >= 11 is 2.52. The second kappa shape index (κ2) is 14.9. The number of carboxylic acid groups (broad SMARTS) is 1. The van der Waals surface area contributed by atoms with Gasteiger partial charge in [-0.25, -0.2) is 14.5 Å². The van der Waals surface area contributed by atoms with Crippen molar-refractivity contribution in [1.29, 1.82) is 0 Å². The van der Waals surface area contributed by atoms with Gasteiger partial charge in [0, 0.05) is 25.1 Å². The number of nitrogens with one attached hydrogen (secondary N) is 3. The van der Waals surface area contributed by atoms with E-state index in [1.54, 1.807) is 31.3 Å². The van der Waals surface area contributed by atoms with Crippen LogP contribution in [-0.4, -0.2) is 88.4 Å². The number of β-lactam (4-membered cyclic amide) rings is 1. The number of carbonyl (C=O) groups excluding carboxylic acids is 4. The van der Waals surface area contributed by atoms with Crippen molar-refractivity contribution in [3.8, 4) is 0 Å². The van der Waals surface area contributed by atoms with Gasteiger partial charge in [-0.15, -0.1) is 23.4 Å². The number of aryl methyl sites for hydroxylation is 1. The minimum atomic E-state index is -1.50. The van der Waals surface area contributed by atoms with Gasteiger partial charge in [-0.3, -0.25) is 29.2 Å². The van der Waals surface area contributed by atoms with E-state index < -0.39 is 40.8 Å². The molecule has 5 N–H and O–H groups in total. The number of urea groups is 1. The summed E-state index contributed by atoms with van der Waals surface area (Å²) in [5.41, 5.74) is 5.54. The molecule has 0 saturated carbocycles. The van der Waals surface area contributed by atoms with Gasteiger partial charge >= 0.3 is 35.6 Å². The Hall–Kier alpha value is -4.17. The summed E-state index contributed by atoms with van der Waals surface area (Å²) in [5.74, 6) is -2.01.